The molecule has 1 fully saturated rings. The van der Waals surface area contributed by atoms with Gasteiger partial charge in [-0.3, -0.25) is 4.79 Å². The molecule has 4 heteroatoms. The fraction of sp³-hybridized carbons (Fsp3) is 0.562. The molecular weight excluding hydrogens is 270 g/mol. The molecule has 0 atom stereocenters. The fourth-order valence-electron chi connectivity index (χ4n) is 2.22. The summed E-state index contributed by atoms with van der Waals surface area (Å²) in [6.45, 7) is 3.76. The SMILES string of the molecule is CCN(CC1CCC1)C(=O)c1ccc(C#CCCO)s1. The normalized spacial score (nSPS) is 14.3. The van der Waals surface area contributed by atoms with Crippen LogP contribution >= 0.6 is 11.3 Å². The highest BCUT2D eigenvalue weighted by molar-refractivity contribution is 7.14. The van der Waals surface area contributed by atoms with E-state index in [1.54, 1.807) is 0 Å². The van der Waals surface area contributed by atoms with E-state index in [0.717, 1.165) is 22.8 Å². The third-order valence-electron chi connectivity index (χ3n) is 3.64. The number of carbonyl (C=O) groups excluding carboxylic acids is 1. The van der Waals surface area contributed by atoms with Crippen LogP contribution in [0.15, 0.2) is 12.1 Å². The van der Waals surface area contributed by atoms with Crippen molar-refractivity contribution in [3.63, 3.8) is 0 Å². The predicted octanol–water partition coefficient (Wildman–Crippen LogP) is 2.74. The Bertz CT molecular complexity index is 508. The van der Waals surface area contributed by atoms with Gasteiger partial charge in [-0.05, 0) is 37.8 Å². The molecule has 1 N–H and O–H groups in total. The maximum atomic E-state index is 12.4. The molecule has 1 heterocycles. The Hall–Kier alpha value is -1.31. The highest BCUT2D eigenvalue weighted by atomic mass is 32.1. The summed E-state index contributed by atoms with van der Waals surface area (Å²) in [6.07, 6.45) is 4.29. The summed E-state index contributed by atoms with van der Waals surface area (Å²) in [5.41, 5.74) is 0. The summed E-state index contributed by atoms with van der Waals surface area (Å²) in [6, 6.07) is 3.75. The summed E-state index contributed by atoms with van der Waals surface area (Å²) in [7, 11) is 0. The molecule has 1 saturated carbocycles. The maximum absolute atomic E-state index is 12.4. The minimum atomic E-state index is 0.0785. The second-order valence-electron chi connectivity index (χ2n) is 5.08. The van der Waals surface area contributed by atoms with Crippen molar-refractivity contribution in [2.75, 3.05) is 19.7 Å². The van der Waals surface area contributed by atoms with Gasteiger partial charge < -0.3 is 10.0 Å². The largest absolute Gasteiger partial charge is 0.395 e. The lowest BCUT2D eigenvalue weighted by Crippen LogP contribution is -2.36. The van der Waals surface area contributed by atoms with Crippen molar-refractivity contribution in [1.82, 2.24) is 4.90 Å². The molecule has 2 rings (SSSR count). The minimum absolute atomic E-state index is 0.0785. The number of carbonyl (C=O) groups is 1. The first-order valence-electron chi connectivity index (χ1n) is 7.23. The van der Waals surface area contributed by atoms with Gasteiger partial charge in [-0.1, -0.05) is 18.3 Å². The van der Waals surface area contributed by atoms with Gasteiger partial charge in [0.2, 0.25) is 0 Å². The summed E-state index contributed by atoms with van der Waals surface area (Å²) in [5, 5.41) is 8.70. The van der Waals surface area contributed by atoms with Gasteiger partial charge >= 0.3 is 0 Å². The lowest BCUT2D eigenvalue weighted by molar-refractivity contribution is 0.0711. The number of hydrogen-bond donors (Lipinski definition) is 1. The topological polar surface area (TPSA) is 40.5 Å². The van der Waals surface area contributed by atoms with Gasteiger partial charge in [0.05, 0.1) is 16.4 Å². The lowest BCUT2D eigenvalue weighted by Gasteiger charge is -2.31. The minimum Gasteiger partial charge on any atom is -0.395 e. The standard InChI is InChI=1S/C16H21NO2S/c1-2-17(12-13-6-5-7-13)16(19)15-10-9-14(20-15)8-3-4-11-18/h9-10,13,18H,2,4-7,11-12H2,1H3. The molecule has 0 aliphatic heterocycles. The third-order valence-corrected chi connectivity index (χ3v) is 4.63. The second kappa shape index (κ2) is 7.47. The fourth-order valence-corrected chi connectivity index (χ4v) is 3.07. The van der Waals surface area contributed by atoms with Crippen LogP contribution in [0.3, 0.4) is 0 Å². The Morgan fingerprint density at radius 3 is 2.90 bits per heavy atom. The number of amides is 1. The Morgan fingerprint density at radius 1 is 1.50 bits per heavy atom. The first kappa shape index (κ1) is 15.1. The molecule has 1 amide bonds. The summed E-state index contributed by atoms with van der Waals surface area (Å²) >= 11 is 1.44. The van der Waals surface area contributed by atoms with Crippen LogP contribution in [0.25, 0.3) is 0 Å². The van der Waals surface area contributed by atoms with Crippen LogP contribution in [-0.2, 0) is 0 Å². The van der Waals surface area contributed by atoms with Gasteiger partial charge in [0.15, 0.2) is 0 Å². The number of rotatable bonds is 5. The van der Waals surface area contributed by atoms with Crippen molar-refractivity contribution < 1.29 is 9.90 Å². The molecule has 1 aliphatic rings. The Kier molecular flexibility index (Phi) is 5.63. The molecule has 20 heavy (non-hydrogen) atoms. The second-order valence-corrected chi connectivity index (χ2v) is 6.16. The van der Waals surface area contributed by atoms with Crippen LogP contribution in [0.2, 0.25) is 0 Å². The number of aliphatic hydroxyl groups is 1. The Labute approximate surface area is 124 Å². The molecule has 1 aromatic rings. The van der Waals surface area contributed by atoms with Crippen molar-refractivity contribution >= 4 is 17.2 Å². The van der Waals surface area contributed by atoms with E-state index < -0.39 is 0 Å². The maximum Gasteiger partial charge on any atom is 0.263 e. The zero-order valence-electron chi connectivity index (χ0n) is 11.9. The molecule has 0 spiro atoms. The van der Waals surface area contributed by atoms with E-state index in [9.17, 15) is 4.79 Å². The van der Waals surface area contributed by atoms with E-state index in [0.29, 0.717) is 12.3 Å². The monoisotopic (exact) mass is 291 g/mol. The number of nitrogens with zero attached hydrogens (tertiary/aromatic N) is 1. The number of hydrogen-bond acceptors (Lipinski definition) is 3. The Morgan fingerprint density at radius 2 is 2.30 bits per heavy atom. The van der Waals surface area contributed by atoms with Gasteiger partial charge in [-0.15, -0.1) is 11.3 Å². The van der Waals surface area contributed by atoms with Gasteiger partial charge in [0, 0.05) is 19.5 Å². The zero-order valence-corrected chi connectivity index (χ0v) is 12.7. The average molecular weight is 291 g/mol. The van der Waals surface area contributed by atoms with Crippen LogP contribution < -0.4 is 0 Å². The lowest BCUT2D eigenvalue weighted by atomic mass is 9.85. The number of aliphatic hydroxyl groups excluding tert-OH is 1. The molecule has 0 radical (unpaired) electrons. The van der Waals surface area contributed by atoms with Crippen molar-refractivity contribution in [2.45, 2.75) is 32.6 Å². The molecule has 3 nitrogen and oxygen atoms in total. The van der Waals surface area contributed by atoms with Crippen molar-refractivity contribution in [1.29, 1.82) is 0 Å². The van der Waals surface area contributed by atoms with Gasteiger partial charge in [0.25, 0.3) is 5.91 Å². The Balaban J connectivity index is 1.98. The summed E-state index contributed by atoms with van der Waals surface area (Å²) in [5.74, 6) is 6.68. The molecule has 1 aliphatic carbocycles. The van der Waals surface area contributed by atoms with Crippen LogP contribution in [-0.4, -0.2) is 35.6 Å². The first-order chi connectivity index (χ1) is 9.74. The van der Waals surface area contributed by atoms with E-state index in [1.165, 1.54) is 30.6 Å². The van der Waals surface area contributed by atoms with Gasteiger partial charge in [-0.2, -0.15) is 0 Å². The smallest absolute Gasteiger partial charge is 0.263 e. The quantitative estimate of drug-likeness (QED) is 0.847. The third kappa shape index (κ3) is 3.84. The summed E-state index contributed by atoms with van der Waals surface area (Å²) in [4.78, 5) is 16.0. The van der Waals surface area contributed by atoms with Crippen LogP contribution in [0.5, 0.6) is 0 Å². The van der Waals surface area contributed by atoms with E-state index >= 15 is 0 Å². The van der Waals surface area contributed by atoms with E-state index in [4.69, 9.17) is 5.11 Å². The summed E-state index contributed by atoms with van der Waals surface area (Å²) < 4.78 is 0. The van der Waals surface area contributed by atoms with Crippen LogP contribution in [0.4, 0.5) is 0 Å². The molecule has 0 unspecified atom stereocenters. The van der Waals surface area contributed by atoms with Gasteiger partial charge in [-0.25, -0.2) is 0 Å². The molecular formula is C16H21NO2S. The highest BCUT2D eigenvalue weighted by Crippen LogP contribution is 2.28. The van der Waals surface area contributed by atoms with E-state index in [-0.39, 0.29) is 12.5 Å². The first-order valence-corrected chi connectivity index (χ1v) is 8.05. The molecule has 108 valence electrons. The van der Waals surface area contributed by atoms with Gasteiger partial charge in [0.1, 0.15) is 0 Å². The zero-order chi connectivity index (χ0) is 14.4. The molecule has 0 aromatic carbocycles. The van der Waals surface area contributed by atoms with Crippen molar-refractivity contribution in [3.05, 3.63) is 21.9 Å². The molecule has 0 bridgehead atoms. The van der Waals surface area contributed by atoms with Crippen LogP contribution in [0.1, 0.15) is 47.2 Å². The molecule has 0 saturated heterocycles. The van der Waals surface area contributed by atoms with Crippen molar-refractivity contribution in [2.24, 2.45) is 5.92 Å². The van der Waals surface area contributed by atoms with E-state index in [2.05, 4.69) is 11.8 Å². The highest BCUT2D eigenvalue weighted by Gasteiger charge is 2.24. The average Bonchev–Trinajstić information content (AvgIpc) is 2.86. The van der Waals surface area contributed by atoms with Crippen molar-refractivity contribution in [3.8, 4) is 11.8 Å². The molecule has 1 aromatic heterocycles. The van der Waals surface area contributed by atoms with E-state index in [1.807, 2.05) is 24.0 Å². The number of thiophene rings is 1. The predicted molar refractivity (Wildman–Crippen MR) is 81.8 cm³/mol. The van der Waals surface area contributed by atoms with Crippen LogP contribution in [0, 0.1) is 17.8 Å².